The van der Waals surface area contributed by atoms with Gasteiger partial charge in [-0.3, -0.25) is 4.79 Å². The van der Waals surface area contributed by atoms with Gasteiger partial charge in [0.25, 0.3) is 0 Å². The standard InChI is InChI=1S/C26H28N2O3/c1-4-7-23-25(26(30)31-5-2)22(21-12-10-18(3)11-13-21)15-24(29)28(23)17-20-9-6-8-19(14-20)16-27/h6,8-14,22H,4-5,7,15,17H2,1-3H3. The van der Waals surface area contributed by atoms with Crippen LogP contribution < -0.4 is 0 Å². The molecule has 5 nitrogen and oxygen atoms in total. The van der Waals surface area contributed by atoms with Gasteiger partial charge in [-0.15, -0.1) is 0 Å². The zero-order valence-corrected chi connectivity index (χ0v) is 18.4. The zero-order chi connectivity index (χ0) is 22.4. The molecule has 0 aromatic heterocycles. The van der Waals surface area contributed by atoms with Crippen molar-refractivity contribution in [2.75, 3.05) is 6.61 Å². The van der Waals surface area contributed by atoms with Crippen molar-refractivity contribution in [3.63, 3.8) is 0 Å². The Balaban J connectivity index is 2.10. The molecule has 1 unspecified atom stereocenters. The van der Waals surface area contributed by atoms with Gasteiger partial charge in [0.1, 0.15) is 0 Å². The number of amides is 1. The van der Waals surface area contributed by atoms with E-state index in [1.807, 2.05) is 50.2 Å². The summed E-state index contributed by atoms with van der Waals surface area (Å²) < 4.78 is 5.43. The molecule has 0 spiro atoms. The molecule has 1 amide bonds. The fourth-order valence-corrected chi connectivity index (χ4v) is 4.05. The summed E-state index contributed by atoms with van der Waals surface area (Å²) in [5.74, 6) is -0.709. The van der Waals surface area contributed by atoms with Crippen molar-refractivity contribution in [1.29, 1.82) is 5.26 Å². The first-order chi connectivity index (χ1) is 15.0. The molecule has 0 fully saturated rings. The Bertz CT molecular complexity index is 1030. The average molecular weight is 417 g/mol. The number of hydrogen-bond acceptors (Lipinski definition) is 4. The van der Waals surface area contributed by atoms with Crippen molar-refractivity contribution in [1.82, 2.24) is 4.90 Å². The minimum atomic E-state index is -0.361. The number of carbonyl (C=O) groups is 2. The maximum Gasteiger partial charge on any atom is 0.336 e. The lowest BCUT2D eigenvalue weighted by molar-refractivity contribution is -0.140. The van der Waals surface area contributed by atoms with E-state index in [0.717, 1.165) is 28.8 Å². The molecule has 0 radical (unpaired) electrons. The fraction of sp³-hybridized carbons (Fsp3) is 0.346. The number of nitriles is 1. The molecule has 0 N–H and O–H groups in total. The summed E-state index contributed by atoms with van der Waals surface area (Å²) in [4.78, 5) is 28.1. The number of allylic oxidation sites excluding steroid dienone is 1. The van der Waals surface area contributed by atoms with Crippen LogP contribution in [0.1, 0.15) is 61.3 Å². The van der Waals surface area contributed by atoms with Gasteiger partial charge in [0.05, 0.1) is 30.4 Å². The topological polar surface area (TPSA) is 70.4 Å². The number of rotatable bonds is 7. The second-order valence-electron chi connectivity index (χ2n) is 7.79. The van der Waals surface area contributed by atoms with Crippen molar-refractivity contribution >= 4 is 11.9 Å². The fourth-order valence-electron chi connectivity index (χ4n) is 4.05. The maximum absolute atomic E-state index is 13.3. The van der Waals surface area contributed by atoms with Gasteiger partial charge in [-0.05, 0) is 43.5 Å². The molecule has 1 heterocycles. The van der Waals surface area contributed by atoms with Crippen molar-refractivity contribution < 1.29 is 14.3 Å². The number of nitrogens with zero attached hydrogens (tertiary/aromatic N) is 2. The summed E-state index contributed by atoms with van der Waals surface area (Å²) in [6.45, 7) is 6.44. The van der Waals surface area contributed by atoms with Gasteiger partial charge in [0.15, 0.2) is 0 Å². The first-order valence-corrected chi connectivity index (χ1v) is 10.7. The van der Waals surface area contributed by atoms with Crippen LogP contribution in [0.3, 0.4) is 0 Å². The molecule has 31 heavy (non-hydrogen) atoms. The molecular weight excluding hydrogens is 388 g/mol. The van der Waals surface area contributed by atoms with Crippen LogP contribution in [0.5, 0.6) is 0 Å². The number of carbonyl (C=O) groups excluding carboxylic acids is 2. The number of ether oxygens (including phenoxy) is 1. The first kappa shape index (κ1) is 22.3. The van der Waals surface area contributed by atoms with E-state index in [4.69, 9.17) is 4.74 Å². The third-order valence-corrected chi connectivity index (χ3v) is 5.52. The summed E-state index contributed by atoms with van der Waals surface area (Å²) in [5, 5.41) is 9.21. The van der Waals surface area contributed by atoms with Crippen molar-refractivity contribution in [2.24, 2.45) is 0 Å². The van der Waals surface area contributed by atoms with Crippen LogP contribution in [0.15, 0.2) is 59.8 Å². The number of aryl methyl sites for hydroxylation is 1. The number of benzene rings is 2. The molecule has 0 aliphatic carbocycles. The van der Waals surface area contributed by atoms with Crippen LogP contribution in [-0.4, -0.2) is 23.4 Å². The van der Waals surface area contributed by atoms with Crippen LogP contribution in [-0.2, 0) is 20.9 Å². The SMILES string of the molecule is CCCC1=C(C(=O)OCC)C(c2ccc(C)cc2)CC(=O)N1Cc1cccc(C#N)c1. The average Bonchev–Trinajstić information content (AvgIpc) is 2.77. The van der Waals surface area contributed by atoms with Gasteiger partial charge >= 0.3 is 5.97 Å². The molecule has 5 heteroatoms. The third kappa shape index (κ3) is 5.03. The third-order valence-electron chi connectivity index (χ3n) is 5.52. The zero-order valence-electron chi connectivity index (χ0n) is 18.4. The van der Waals surface area contributed by atoms with E-state index in [1.165, 1.54) is 0 Å². The van der Waals surface area contributed by atoms with Crippen molar-refractivity contribution in [3.05, 3.63) is 82.1 Å². The highest BCUT2D eigenvalue weighted by molar-refractivity contribution is 5.96. The Morgan fingerprint density at radius 2 is 1.94 bits per heavy atom. The van der Waals surface area contributed by atoms with Crippen LogP contribution in [0.4, 0.5) is 0 Å². The van der Waals surface area contributed by atoms with Crippen LogP contribution in [0.25, 0.3) is 0 Å². The minimum Gasteiger partial charge on any atom is -0.463 e. The van der Waals surface area contributed by atoms with Gasteiger partial charge in [-0.2, -0.15) is 5.26 Å². The van der Waals surface area contributed by atoms with Crippen LogP contribution in [0.2, 0.25) is 0 Å². The molecule has 2 aromatic rings. The molecule has 0 bridgehead atoms. The Labute approximate surface area is 183 Å². The van der Waals surface area contributed by atoms with E-state index in [0.29, 0.717) is 24.1 Å². The number of esters is 1. The lowest BCUT2D eigenvalue weighted by Crippen LogP contribution is -2.39. The molecule has 1 atom stereocenters. The predicted molar refractivity (Wildman–Crippen MR) is 119 cm³/mol. The van der Waals surface area contributed by atoms with Gasteiger partial charge < -0.3 is 9.64 Å². The van der Waals surface area contributed by atoms with Gasteiger partial charge in [-0.25, -0.2) is 4.79 Å². The second kappa shape index (κ2) is 10.1. The molecule has 0 saturated heterocycles. The molecule has 1 aliphatic heterocycles. The molecule has 2 aromatic carbocycles. The largest absolute Gasteiger partial charge is 0.463 e. The first-order valence-electron chi connectivity index (χ1n) is 10.7. The molecule has 3 rings (SSSR count). The second-order valence-corrected chi connectivity index (χ2v) is 7.79. The molecular formula is C26H28N2O3. The highest BCUT2D eigenvalue weighted by Crippen LogP contribution is 2.39. The Hall–Kier alpha value is -3.39. The van der Waals surface area contributed by atoms with E-state index in [1.54, 1.807) is 24.0 Å². The van der Waals surface area contributed by atoms with Gasteiger partial charge in [0, 0.05) is 18.0 Å². The van der Waals surface area contributed by atoms with E-state index in [2.05, 4.69) is 6.07 Å². The predicted octanol–water partition coefficient (Wildman–Crippen LogP) is 5.00. The highest BCUT2D eigenvalue weighted by atomic mass is 16.5. The molecule has 0 saturated carbocycles. The quantitative estimate of drug-likeness (QED) is 0.596. The summed E-state index contributed by atoms with van der Waals surface area (Å²) >= 11 is 0. The summed E-state index contributed by atoms with van der Waals surface area (Å²) in [6.07, 6.45) is 1.60. The Kier molecular flexibility index (Phi) is 7.25. The normalized spacial score (nSPS) is 16.3. The van der Waals surface area contributed by atoms with E-state index in [-0.39, 0.29) is 30.8 Å². The van der Waals surface area contributed by atoms with Crippen LogP contribution in [0, 0.1) is 18.3 Å². The Morgan fingerprint density at radius 1 is 1.19 bits per heavy atom. The minimum absolute atomic E-state index is 0.0237. The maximum atomic E-state index is 13.3. The van der Waals surface area contributed by atoms with Gasteiger partial charge in [0.2, 0.25) is 5.91 Å². The summed E-state index contributed by atoms with van der Waals surface area (Å²) in [7, 11) is 0. The lowest BCUT2D eigenvalue weighted by atomic mass is 9.82. The van der Waals surface area contributed by atoms with Crippen molar-refractivity contribution in [2.45, 2.75) is 52.5 Å². The summed E-state index contributed by atoms with van der Waals surface area (Å²) in [6, 6.07) is 17.4. The summed E-state index contributed by atoms with van der Waals surface area (Å²) in [5.41, 5.74) is 4.78. The molecule has 160 valence electrons. The Morgan fingerprint density at radius 3 is 2.58 bits per heavy atom. The van der Waals surface area contributed by atoms with E-state index < -0.39 is 0 Å². The van der Waals surface area contributed by atoms with Crippen LogP contribution >= 0.6 is 0 Å². The molecule has 1 aliphatic rings. The van der Waals surface area contributed by atoms with Crippen molar-refractivity contribution in [3.8, 4) is 6.07 Å². The smallest absolute Gasteiger partial charge is 0.336 e. The number of hydrogen-bond donors (Lipinski definition) is 0. The van der Waals surface area contributed by atoms with E-state index in [9.17, 15) is 14.9 Å². The highest BCUT2D eigenvalue weighted by Gasteiger charge is 2.38. The van der Waals surface area contributed by atoms with Gasteiger partial charge in [-0.1, -0.05) is 55.3 Å². The van der Waals surface area contributed by atoms with E-state index >= 15 is 0 Å². The lowest BCUT2D eigenvalue weighted by Gasteiger charge is -2.36. The monoisotopic (exact) mass is 416 g/mol.